The van der Waals surface area contributed by atoms with Crippen molar-refractivity contribution < 1.29 is 27.5 Å². The maximum Gasteiger partial charge on any atom is 0.424 e. The predicted octanol–water partition coefficient (Wildman–Crippen LogP) is 2.48. The zero-order chi connectivity index (χ0) is 19.0. The normalized spacial score (nSPS) is 21.2. The van der Waals surface area contributed by atoms with Crippen molar-refractivity contribution in [3.8, 4) is 0 Å². The van der Waals surface area contributed by atoms with Crippen LogP contribution >= 0.6 is 0 Å². The number of rotatable bonds is 4. The van der Waals surface area contributed by atoms with Crippen LogP contribution in [0.1, 0.15) is 32.8 Å². The molecule has 1 aromatic rings. The van der Waals surface area contributed by atoms with E-state index in [0.717, 1.165) is 5.56 Å². The quantitative estimate of drug-likeness (QED) is 0.758. The third-order valence-corrected chi connectivity index (χ3v) is 5.90. The maximum absolute atomic E-state index is 13.0. The van der Waals surface area contributed by atoms with Gasteiger partial charge in [0.2, 0.25) is 0 Å². The van der Waals surface area contributed by atoms with Crippen LogP contribution in [0.25, 0.3) is 0 Å². The van der Waals surface area contributed by atoms with E-state index in [4.69, 9.17) is 4.74 Å². The third-order valence-electron chi connectivity index (χ3n) is 4.09. The average Bonchev–Trinajstić information content (AvgIpc) is 2.84. The van der Waals surface area contributed by atoms with E-state index in [2.05, 4.69) is 4.74 Å². The van der Waals surface area contributed by atoms with Crippen LogP contribution in [-0.4, -0.2) is 44.0 Å². The number of cyclic esters (lactones) is 1. The van der Waals surface area contributed by atoms with Crippen LogP contribution in [-0.2, 0) is 24.3 Å². The summed E-state index contributed by atoms with van der Waals surface area (Å²) in [4.78, 5) is 24.1. The summed E-state index contributed by atoms with van der Waals surface area (Å²) in [5.74, 6) is -0.610. The van der Waals surface area contributed by atoms with Crippen molar-refractivity contribution in [1.82, 2.24) is 4.31 Å². The van der Waals surface area contributed by atoms with Gasteiger partial charge in [0.25, 0.3) is 10.0 Å². The number of nitrogens with zero attached hydrogens (tertiary/aromatic N) is 1. The predicted molar refractivity (Wildman–Crippen MR) is 90.3 cm³/mol. The molecule has 138 valence electrons. The topological polar surface area (TPSA) is 90.0 Å². The first-order chi connectivity index (χ1) is 11.5. The first-order valence-electron chi connectivity index (χ1n) is 7.87. The highest BCUT2D eigenvalue weighted by atomic mass is 32.2. The van der Waals surface area contributed by atoms with Crippen molar-refractivity contribution in [2.24, 2.45) is 5.41 Å². The molecule has 1 aromatic carbocycles. The molecule has 1 saturated heterocycles. The van der Waals surface area contributed by atoms with E-state index < -0.39 is 39.6 Å². The standard InChI is InChI=1S/C17H23NO6S/c1-11-6-8-12(9-7-11)25(21,22)18-13(10-14(19)23-5)15(17(2,3)4)24-16(18)20/h6-9,13,15H,10H2,1-5H3/t13-,15+/m0/s1. The molecule has 1 aliphatic heterocycles. The lowest BCUT2D eigenvalue weighted by molar-refractivity contribution is -0.142. The number of aryl methyl sites for hydroxylation is 1. The molecule has 0 saturated carbocycles. The molecule has 8 heteroatoms. The van der Waals surface area contributed by atoms with Crippen LogP contribution in [0.4, 0.5) is 4.79 Å². The van der Waals surface area contributed by atoms with E-state index in [-0.39, 0.29) is 11.3 Å². The number of esters is 1. The number of carbonyl (C=O) groups is 2. The molecule has 0 aromatic heterocycles. The van der Waals surface area contributed by atoms with Crippen molar-refractivity contribution in [2.45, 2.75) is 51.2 Å². The molecular weight excluding hydrogens is 346 g/mol. The van der Waals surface area contributed by atoms with Crippen molar-refractivity contribution >= 4 is 22.1 Å². The van der Waals surface area contributed by atoms with Crippen LogP contribution in [0, 0.1) is 12.3 Å². The van der Waals surface area contributed by atoms with Crippen molar-refractivity contribution in [2.75, 3.05) is 7.11 Å². The van der Waals surface area contributed by atoms with Crippen LogP contribution in [0.3, 0.4) is 0 Å². The van der Waals surface area contributed by atoms with E-state index in [1.54, 1.807) is 12.1 Å². The van der Waals surface area contributed by atoms with Gasteiger partial charge in [0.05, 0.1) is 24.5 Å². The van der Waals surface area contributed by atoms with Gasteiger partial charge in [0.1, 0.15) is 6.10 Å². The second kappa shape index (κ2) is 6.67. The second-order valence-electron chi connectivity index (χ2n) is 7.13. The smallest absolute Gasteiger partial charge is 0.424 e. The third kappa shape index (κ3) is 3.78. The number of hydrogen-bond donors (Lipinski definition) is 0. The first kappa shape index (κ1) is 19.2. The fourth-order valence-electron chi connectivity index (χ4n) is 2.80. The van der Waals surface area contributed by atoms with E-state index in [1.165, 1.54) is 19.2 Å². The lowest BCUT2D eigenvalue weighted by Crippen LogP contribution is -2.46. The second-order valence-corrected chi connectivity index (χ2v) is 8.95. The molecule has 0 radical (unpaired) electrons. The Balaban J connectivity index is 2.49. The molecule has 2 atom stereocenters. The highest BCUT2D eigenvalue weighted by Crippen LogP contribution is 2.37. The number of amides is 1. The first-order valence-corrected chi connectivity index (χ1v) is 9.31. The molecule has 0 N–H and O–H groups in total. The molecule has 1 amide bonds. The molecule has 1 fully saturated rings. The molecule has 0 unspecified atom stereocenters. The van der Waals surface area contributed by atoms with E-state index in [0.29, 0.717) is 4.31 Å². The highest BCUT2D eigenvalue weighted by molar-refractivity contribution is 7.89. The summed E-state index contributed by atoms with van der Waals surface area (Å²) >= 11 is 0. The number of sulfonamides is 1. The Hall–Kier alpha value is -2.09. The highest BCUT2D eigenvalue weighted by Gasteiger charge is 2.53. The Labute approximate surface area is 148 Å². The summed E-state index contributed by atoms with van der Waals surface area (Å²) in [7, 11) is -2.94. The number of carbonyl (C=O) groups excluding carboxylic acids is 2. The molecule has 0 spiro atoms. The minimum absolute atomic E-state index is 0.0283. The largest absolute Gasteiger partial charge is 0.469 e. The summed E-state index contributed by atoms with van der Waals surface area (Å²) in [6.07, 6.45) is -2.01. The van der Waals surface area contributed by atoms with Gasteiger partial charge in [-0.3, -0.25) is 4.79 Å². The molecule has 1 aliphatic rings. The lowest BCUT2D eigenvalue weighted by Gasteiger charge is -2.30. The number of hydrogen-bond acceptors (Lipinski definition) is 6. The zero-order valence-corrected chi connectivity index (χ0v) is 15.8. The summed E-state index contributed by atoms with van der Waals surface area (Å²) in [6, 6.07) is 5.18. The number of methoxy groups -OCH3 is 1. The van der Waals surface area contributed by atoms with Gasteiger partial charge in [0, 0.05) is 5.41 Å². The summed E-state index contributed by atoms with van der Waals surface area (Å²) in [5, 5.41) is 0. The minimum Gasteiger partial charge on any atom is -0.469 e. The molecule has 25 heavy (non-hydrogen) atoms. The molecule has 7 nitrogen and oxygen atoms in total. The van der Waals surface area contributed by atoms with Crippen LogP contribution in [0.5, 0.6) is 0 Å². The average molecular weight is 369 g/mol. The minimum atomic E-state index is -4.15. The molecule has 1 heterocycles. The van der Waals surface area contributed by atoms with Crippen molar-refractivity contribution in [3.63, 3.8) is 0 Å². The monoisotopic (exact) mass is 369 g/mol. The van der Waals surface area contributed by atoms with Gasteiger partial charge in [-0.25, -0.2) is 13.2 Å². The van der Waals surface area contributed by atoms with Gasteiger partial charge in [-0.05, 0) is 19.1 Å². The van der Waals surface area contributed by atoms with Crippen LogP contribution in [0.2, 0.25) is 0 Å². The Bertz CT molecular complexity index is 763. The van der Waals surface area contributed by atoms with Crippen molar-refractivity contribution in [1.29, 1.82) is 0 Å². The van der Waals surface area contributed by atoms with Gasteiger partial charge in [-0.1, -0.05) is 38.5 Å². The van der Waals surface area contributed by atoms with Crippen LogP contribution in [0.15, 0.2) is 29.2 Å². The molecule has 0 bridgehead atoms. The summed E-state index contributed by atoms with van der Waals surface area (Å²) in [6.45, 7) is 7.28. The zero-order valence-electron chi connectivity index (χ0n) is 15.0. The Morgan fingerprint density at radius 3 is 2.28 bits per heavy atom. The number of ether oxygens (including phenoxy) is 2. The van der Waals surface area contributed by atoms with E-state index >= 15 is 0 Å². The van der Waals surface area contributed by atoms with Gasteiger partial charge >= 0.3 is 12.1 Å². The van der Waals surface area contributed by atoms with Gasteiger partial charge < -0.3 is 9.47 Å². The summed E-state index contributed by atoms with van der Waals surface area (Å²) < 4.78 is 36.6. The Morgan fingerprint density at radius 1 is 1.24 bits per heavy atom. The maximum atomic E-state index is 13.0. The van der Waals surface area contributed by atoms with Gasteiger partial charge in [-0.15, -0.1) is 0 Å². The number of benzene rings is 1. The fraction of sp³-hybridized carbons (Fsp3) is 0.529. The Kier molecular flexibility index (Phi) is 5.13. The van der Waals surface area contributed by atoms with Gasteiger partial charge in [-0.2, -0.15) is 4.31 Å². The molecule has 2 rings (SSSR count). The van der Waals surface area contributed by atoms with E-state index in [9.17, 15) is 18.0 Å². The lowest BCUT2D eigenvalue weighted by atomic mass is 9.84. The van der Waals surface area contributed by atoms with Crippen LogP contribution < -0.4 is 0 Å². The Morgan fingerprint density at radius 2 is 1.80 bits per heavy atom. The summed E-state index contributed by atoms with van der Waals surface area (Å²) in [5.41, 5.74) is 0.341. The van der Waals surface area contributed by atoms with E-state index in [1.807, 2.05) is 27.7 Å². The van der Waals surface area contributed by atoms with Crippen molar-refractivity contribution in [3.05, 3.63) is 29.8 Å². The molecular formula is C17H23NO6S. The fourth-order valence-corrected chi connectivity index (χ4v) is 4.28. The van der Waals surface area contributed by atoms with Gasteiger partial charge in [0.15, 0.2) is 0 Å². The SMILES string of the molecule is COC(=O)C[C@H]1[C@H](C(C)(C)C)OC(=O)N1S(=O)(=O)c1ccc(C)cc1. The molecule has 0 aliphatic carbocycles.